The van der Waals surface area contributed by atoms with Crippen LogP contribution in [0.25, 0.3) is 0 Å². The molecule has 1 amide bonds. The Balaban J connectivity index is 2.46. The van der Waals surface area contributed by atoms with E-state index in [0.29, 0.717) is 12.2 Å². The van der Waals surface area contributed by atoms with Crippen molar-refractivity contribution in [3.05, 3.63) is 34.4 Å². The third-order valence-electron chi connectivity index (χ3n) is 2.32. The maximum absolute atomic E-state index is 10.9. The molecule has 0 saturated heterocycles. The molecule has 0 aliphatic heterocycles. The van der Waals surface area contributed by atoms with E-state index in [1.807, 2.05) is 12.3 Å². The van der Waals surface area contributed by atoms with E-state index in [1.54, 1.807) is 0 Å². The lowest BCUT2D eigenvalue weighted by Crippen LogP contribution is -2.30. The molecule has 0 spiro atoms. The number of nitro groups is 1. The van der Waals surface area contributed by atoms with Crippen LogP contribution in [0.15, 0.2) is 24.3 Å². The van der Waals surface area contributed by atoms with Gasteiger partial charge in [-0.1, -0.05) is 0 Å². The molecule has 0 radical (unpaired) electrons. The number of amides is 1. The predicted octanol–water partition coefficient (Wildman–Crippen LogP) is 1.13. The molecule has 0 saturated carbocycles. The SMILES string of the molecule is CC(CCC(=O)NN)Oc1ccc([N+](=O)[O-])cc1. The maximum Gasteiger partial charge on any atom is 0.269 e. The second-order valence-corrected chi connectivity index (χ2v) is 3.79. The largest absolute Gasteiger partial charge is 0.491 e. The second kappa shape index (κ2) is 6.55. The Bertz CT molecular complexity index is 419. The number of ether oxygens (including phenoxy) is 1. The molecule has 98 valence electrons. The summed E-state index contributed by atoms with van der Waals surface area (Å²) in [4.78, 5) is 20.9. The van der Waals surface area contributed by atoms with Gasteiger partial charge in [0.05, 0.1) is 11.0 Å². The molecule has 0 heterocycles. The van der Waals surface area contributed by atoms with Gasteiger partial charge in [-0.15, -0.1) is 0 Å². The van der Waals surface area contributed by atoms with E-state index in [2.05, 4.69) is 0 Å². The van der Waals surface area contributed by atoms with Gasteiger partial charge in [-0.25, -0.2) is 5.84 Å². The van der Waals surface area contributed by atoms with Crippen LogP contribution in [-0.4, -0.2) is 16.9 Å². The number of nitro benzene ring substituents is 1. The first-order valence-corrected chi connectivity index (χ1v) is 5.43. The van der Waals surface area contributed by atoms with Gasteiger partial charge in [0.15, 0.2) is 0 Å². The van der Waals surface area contributed by atoms with E-state index in [-0.39, 0.29) is 24.1 Å². The highest BCUT2D eigenvalue weighted by molar-refractivity contribution is 5.75. The quantitative estimate of drug-likeness (QED) is 0.342. The van der Waals surface area contributed by atoms with E-state index in [9.17, 15) is 14.9 Å². The number of hydrogen-bond acceptors (Lipinski definition) is 5. The highest BCUT2D eigenvalue weighted by Crippen LogP contribution is 2.19. The molecule has 0 bridgehead atoms. The van der Waals surface area contributed by atoms with Gasteiger partial charge in [-0.2, -0.15) is 0 Å². The van der Waals surface area contributed by atoms with Crippen LogP contribution >= 0.6 is 0 Å². The van der Waals surface area contributed by atoms with Crippen molar-refractivity contribution in [2.45, 2.75) is 25.9 Å². The molecule has 1 rings (SSSR count). The van der Waals surface area contributed by atoms with Gasteiger partial charge in [0.1, 0.15) is 5.75 Å². The molecule has 7 nitrogen and oxygen atoms in total. The van der Waals surface area contributed by atoms with Crippen LogP contribution in [0.3, 0.4) is 0 Å². The van der Waals surface area contributed by atoms with Crippen molar-refractivity contribution in [2.24, 2.45) is 5.84 Å². The molecular formula is C11H15N3O4. The van der Waals surface area contributed by atoms with Gasteiger partial charge in [-0.05, 0) is 25.5 Å². The zero-order valence-corrected chi connectivity index (χ0v) is 9.96. The first-order valence-electron chi connectivity index (χ1n) is 5.43. The lowest BCUT2D eigenvalue weighted by Gasteiger charge is -2.13. The van der Waals surface area contributed by atoms with E-state index in [0.717, 1.165) is 0 Å². The van der Waals surface area contributed by atoms with Crippen molar-refractivity contribution in [1.29, 1.82) is 0 Å². The second-order valence-electron chi connectivity index (χ2n) is 3.79. The maximum atomic E-state index is 10.9. The molecule has 7 heteroatoms. The Hall–Kier alpha value is -2.15. The van der Waals surface area contributed by atoms with Crippen molar-refractivity contribution in [3.8, 4) is 5.75 Å². The molecule has 3 N–H and O–H groups in total. The summed E-state index contributed by atoms with van der Waals surface area (Å²) >= 11 is 0. The number of nitrogens with two attached hydrogens (primary N) is 1. The number of hydrogen-bond donors (Lipinski definition) is 2. The summed E-state index contributed by atoms with van der Waals surface area (Å²) in [5.74, 6) is 5.23. The van der Waals surface area contributed by atoms with E-state index in [4.69, 9.17) is 10.6 Å². The van der Waals surface area contributed by atoms with Crippen molar-refractivity contribution < 1.29 is 14.5 Å². The highest BCUT2D eigenvalue weighted by Gasteiger charge is 2.09. The number of carbonyl (C=O) groups excluding carboxylic acids is 1. The number of hydrazine groups is 1. The van der Waals surface area contributed by atoms with Gasteiger partial charge in [0.2, 0.25) is 5.91 Å². The van der Waals surface area contributed by atoms with Gasteiger partial charge in [0, 0.05) is 18.6 Å². The molecule has 1 aromatic carbocycles. The Morgan fingerprint density at radius 3 is 2.61 bits per heavy atom. The number of non-ortho nitro benzene ring substituents is 1. The Labute approximate surface area is 104 Å². The molecule has 0 aliphatic rings. The number of benzene rings is 1. The summed E-state index contributed by atoms with van der Waals surface area (Å²) in [6.45, 7) is 1.81. The molecule has 1 atom stereocenters. The van der Waals surface area contributed by atoms with Crippen LogP contribution in [-0.2, 0) is 4.79 Å². The fraction of sp³-hybridized carbons (Fsp3) is 0.364. The minimum atomic E-state index is -0.473. The predicted molar refractivity (Wildman–Crippen MR) is 64.8 cm³/mol. The van der Waals surface area contributed by atoms with Gasteiger partial charge in [0.25, 0.3) is 5.69 Å². The first-order chi connectivity index (χ1) is 8.52. The third-order valence-corrected chi connectivity index (χ3v) is 2.32. The molecule has 1 aromatic rings. The van der Waals surface area contributed by atoms with Crippen molar-refractivity contribution >= 4 is 11.6 Å². The summed E-state index contributed by atoms with van der Waals surface area (Å²) in [5.41, 5.74) is 2.05. The van der Waals surface area contributed by atoms with Crippen molar-refractivity contribution in [1.82, 2.24) is 5.43 Å². The fourth-order valence-corrected chi connectivity index (χ4v) is 1.34. The van der Waals surface area contributed by atoms with Crippen LogP contribution in [0.5, 0.6) is 5.75 Å². The van der Waals surface area contributed by atoms with Crippen molar-refractivity contribution in [3.63, 3.8) is 0 Å². The lowest BCUT2D eigenvalue weighted by molar-refractivity contribution is -0.384. The summed E-state index contributed by atoms with van der Waals surface area (Å²) in [5, 5.41) is 10.5. The topological polar surface area (TPSA) is 107 Å². The minimum Gasteiger partial charge on any atom is -0.491 e. The zero-order valence-electron chi connectivity index (χ0n) is 9.96. The third kappa shape index (κ3) is 4.38. The molecule has 0 aliphatic carbocycles. The van der Waals surface area contributed by atoms with Crippen LogP contribution in [0.1, 0.15) is 19.8 Å². The number of nitrogens with zero attached hydrogens (tertiary/aromatic N) is 1. The van der Waals surface area contributed by atoms with E-state index >= 15 is 0 Å². The molecule has 18 heavy (non-hydrogen) atoms. The molecule has 1 unspecified atom stereocenters. The zero-order chi connectivity index (χ0) is 13.5. The standard InChI is InChI=1S/C11H15N3O4/c1-8(2-7-11(15)13-12)18-10-5-3-9(4-6-10)14(16)17/h3-6,8H,2,7,12H2,1H3,(H,13,15). The molecule has 0 fully saturated rings. The van der Waals surface area contributed by atoms with E-state index < -0.39 is 4.92 Å². The summed E-state index contributed by atoms with van der Waals surface area (Å²) < 4.78 is 5.50. The van der Waals surface area contributed by atoms with Crippen LogP contribution < -0.4 is 16.0 Å². The monoisotopic (exact) mass is 253 g/mol. The smallest absolute Gasteiger partial charge is 0.269 e. The summed E-state index contributed by atoms with van der Waals surface area (Å²) in [6.07, 6.45) is 0.605. The first kappa shape index (κ1) is 13.9. The normalized spacial score (nSPS) is 11.7. The fourth-order valence-electron chi connectivity index (χ4n) is 1.34. The highest BCUT2D eigenvalue weighted by atomic mass is 16.6. The number of rotatable bonds is 6. The Kier molecular flexibility index (Phi) is 5.06. The Morgan fingerprint density at radius 2 is 2.11 bits per heavy atom. The van der Waals surface area contributed by atoms with E-state index in [1.165, 1.54) is 24.3 Å². The van der Waals surface area contributed by atoms with Gasteiger partial charge >= 0.3 is 0 Å². The number of nitrogens with one attached hydrogen (secondary N) is 1. The minimum absolute atomic E-state index is 0.0116. The lowest BCUT2D eigenvalue weighted by atomic mass is 10.2. The average Bonchev–Trinajstić information content (AvgIpc) is 2.36. The molecular weight excluding hydrogens is 238 g/mol. The van der Waals surface area contributed by atoms with Crippen LogP contribution in [0, 0.1) is 10.1 Å². The van der Waals surface area contributed by atoms with Gasteiger partial charge < -0.3 is 4.74 Å². The van der Waals surface area contributed by atoms with Crippen molar-refractivity contribution in [2.75, 3.05) is 0 Å². The molecule has 0 aromatic heterocycles. The summed E-state index contributed by atoms with van der Waals surface area (Å²) in [7, 11) is 0. The number of carbonyl (C=O) groups is 1. The van der Waals surface area contributed by atoms with Gasteiger partial charge in [-0.3, -0.25) is 20.3 Å². The summed E-state index contributed by atoms with van der Waals surface area (Å²) in [6, 6.07) is 5.79. The van der Waals surface area contributed by atoms with Crippen LogP contribution in [0.4, 0.5) is 5.69 Å². The van der Waals surface area contributed by atoms with Crippen LogP contribution in [0.2, 0.25) is 0 Å². The Morgan fingerprint density at radius 1 is 1.50 bits per heavy atom. The average molecular weight is 253 g/mol.